The standard InChI is InChI=1S/C17H20N4O2/c1-23-15-5-3-14(4-6-15)16(22)13-20-9-11-21(12-10-20)17-18-7-2-8-19-17/h2-8H,9-13H2,1H3. The Morgan fingerprint density at radius 3 is 2.35 bits per heavy atom. The Bertz CT molecular complexity index is 637. The van der Waals surface area contributed by atoms with E-state index in [2.05, 4.69) is 19.8 Å². The number of nitrogens with zero attached hydrogens (tertiary/aromatic N) is 4. The second-order valence-corrected chi connectivity index (χ2v) is 5.46. The molecule has 1 fully saturated rings. The number of carbonyl (C=O) groups is 1. The van der Waals surface area contributed by atoms with Gasteiger partial charge < -0.3 is 9.64 Å². The number of carbonyl (C=O) groups excluding carboxylic acids is 1. The second-order valence-electron chi connectivity index (χ2n) is 5.46. The van der Waals surface area contributed by atoms with Gasteiger partial charge in [0.2, 0.25) is 5.95 Å². The molecule has 0 saturated carbocycles. The Morgan fingerprint density at radius 1 is 1.09 bits per heavy atom. The van der Waals surface area contributed by atoms with E-state index in [1.165, 1.54) is 0 Å². The number of hydrogen-bond donors (Lipinski definition) is 0. The van der Waals surface area contributed by atoms with Crippen molar-refractivity contribution in [3.8, 4) is 5.75 Å². The predicted octanol–water partition coefficient (Wildman–Crippen LogP) is 1.49. The Labute approximate surface area is 135 Å². The first-order valence-corrected chi connectivity index (χ1v) is 7.68. The topological polar surface area (TPSA) is 58.6 Å². The Morgan fingerprint density at radius 2 is 1.74 bits per heavy atom. The Balaban J connectivity index is 1.53. The van der Waals surface area contributed by atoms with Crippen molar-refractivity contribution in [2.45, 2.75) is 0 Å². The number of hydrogen-bond acceptors (Lipinski definition) is 6. The molecule has 1 saturated heterocycles. The molecule has 0 aliphatic carbocycles. The highest BCUT2D eigenvalue weighted by Gasteiger charge is 2.20. The molecule has 23 heavy (non-hydrogen) atoms. The summed E-state index contributed by atoms with van der Waals surface area (Å²) >= 11 is 0. The van der Waals surface area contributed by atoms with Crippen LogP contribution in [0.4, 0.5) is 5.95 Å². The van der Waals surface area contributed by atoms with Gasteiger partial charge in [-0.1, -0.05) is 0 Å². The molecule has 120 valence electrons. The fourth-order valence-corrected chi connectivity index (χ4v) is 2.63. The molecule has 1 aliphatic rings. The average Bonchev–Trinajstić information content (AvgIpc) is 2.63. The van der Waals surface area contributed by atoms with Crippen LogP contribution in [0.15, 0.2) is 42.7 Å². The molecule has 1 aromatic heterocycles. The monoisotopic (exact) mass is 312 g/mol. The predicted molar refractivity (Wildman–Crippen MR) is 88.0 cm³/mol. The lowest BCUT2D eigenvalue weighted by Crippen LogP contribution is -2.48. The number of rotatable bonds is 5. The van der Waals surface area contributed by atoms with Crippen molar-refractivity contribution in [1.29, 1.82) is 0 Å². The van der Waals surface area contributed by atoms with Crippen LogP contribution in [0.25, 0.3) is 0 Å². The fourth-order valence-electron chi connectivity index (χ4n) is 2.63. The highest BCUT2D eigenvalue weighted by molar-refractivity contribution is 5.97. The number of benzene rings is 1. The van der Waals surface area contributed by atoms with Gasteiger partial charge in [-0.15, -0.1) is 0 Å². The van der Waals surface area contributed by atoms with Crippen LogP contribution in [0.3, 0.4) is 0 Å². The molecule has 0 bridgehead atoms. The first kappa shape index (κ1) is 15.4. The summed E-state index contributed by atoms with van der Waals surface area (Å²) in [7, 11) is 1.62. The SMILES string of the molecule is COc1ccc(C(=O)CN2CCN(c3ncccn3)CC2)cc1. The summed E-state index contributed by atoms with van der Waals surface area (Å²) in [5.41, 5.74) is 0.722. The number of aromatic nitrogens is 2. The van der Waals surface area contributed by atoms with Crippen molar-refractivity contribution < 1.29 is 9.53 Å². The van der Waals surface area contributed by atoms with Gasteiger partial charge in [0.25, 0.3) is 0 Å². The number of ketones is 1. The summed E-state index contributed by atoms with van der Waals surface area (Å²) in [4.78, 5) is 25.2. The van der Waals surface area contributed by atoms with Gasteiger partial charge in [0, 0.05) is 44.1 Å². The van der Waals surface area contributed by atoms with Gasteiger partial charge in [-0.2, -0.15) is 0 Å². The maximum absolute atomic E-state index is 12.3. The van der Waals surface area contributed by atoms with E-state index in [1.54, 1.807) is 19.5 Å². The maximum Gasteiger partial charge on any atom is 0.225 e. The lowest BCUT2D eigenvalue weighted by atomic mass is 10.1. The summed E-state index contributed by atoms with van der Waals surface area (Å²) < 4.78 is 5.11. The highest BCUT2D eigenvalue weighted by Crippen LogP contribution is 2.13. The van der Waals surface area contributed by atoms with Crippen LogP contribution in [0.5, 0.6) is 5.75 Å². The summed E-state index contributed by atoms with van der Waals surface area (Å²) in [6.07, 6.45) is 3.50. The third-order valence-corrected chi connectivity index (χ3v) is 3.99. The Kier molecular flexibility index (Phi) is 4.83. The van der Waals surface area contributed by atoms with Crippen molar-refractivity contribution in [2.24, 2.45) is 0 Å². The van der Waals surface area contributed by atoms with Gasteiger partial charge in [-0.05, 0) is 30.3 Å². The van der Waals surface area contributed by atoms with Crippen LogP contribution in [-0.4, -0.2) is 60.5 Å². The largest absolute Gasteiger partial charge is 0.497 e. The molecule has 0 N–H and O–H groups in total. The van der Waals surface area contributed by atoms with E-state index in [1.807, 2.05) is 30.3 Å². The molecule has 1 aromatic carbocycles. The van der Waals surface area contributed by atoms with E-state index in [0.717, 1.165) is 43.4 Å². The normalized spacial score (nSPS) is 15.4. The van der Waals surface area contributed by atoms with Gasteiger partial charge in [-0.25, -0.2) is 9.97 Å². The molecule has 3 rings (SSSR count). The number of methoxy groups -OCH3 is 1. The summed E-state index contributed by atoms with van der Waals surface area (Å²) in [6.45, 7) is 3.77. The zero-order valence-electron chi connectivity index (χ0n) is 13.2. The van der Waals surface area contributed by atoms with Crippen LogP contribution in [0.1, 0.15) is 10.4 Å². The average molecular weight is 312 g/mol. The molecule has 0 spiro atoms. The molecule has 0 atom stereocenters. The summed E-state index contributed by atoms with van der Waals surface area (Å²) in [5.74, 6) is 1.66. The zero-order valence-corrected chi connectivity index (χ0v) is 13.2. The van der Waals surface area contributed by atoms with Crippen molar-refractivity contribution in [1.82, 2.24) is 14.9 Å². The van der Waals surface area contributed by atoms with Gasteiger partial charge >= 0.3 is 0 Å². The lowest BCUT2D eigenvalue weighted by Gasteiger charge is -2.34. The van der Waals surface area contributed by atoms with Crippen molar-refractivity contribution in [3.05, 3.63) is 48.3 Å². The highest BCUT2D eigenvalue weighted by atomic mass is 16.5. The van der Waals surface area contributed by atoms with Crippen molar-refractivity contribution in [2.75, 3.05) is 44.7 Å². The van der Waals surface area contributed by atoms with E-state index in [4.69, 9.17) is 4.74 Å². The van der Waals surface area contributed by atoms with E-state index in [-0.39, 0.29) is 5.78 Å². The number of ether oxygens (including phenoxy) is 1. The Hall–Kier alpha value is -2.47. The zero-order chi connectivity index (χ0) is 16.1. The van der Waals surface area contributed by atoms with Crippen LogP contribution in [-0.2, 0) is 0 Å². The van der Waals surface area contributed by atoms with Gasteiger partial charge in [0.15, 0.2) is 5.78 Å². The van der Waals surface area contributed by atoms with Crippen molar-refractivity contribution in [3.63, 3.8) is 0 Å². The number of anilines is 1. The minimum Gasteiger partial charge on any atom is -0.497 e. The molecular weight excluding hydrogens is 292 g/mol. The smallest absolute Gasteiger partial charge is 0.225 e. The van der Waals surface area contributed by atoms with E-state index < -0.39 is 0 Å². The molecule has 6 heteroatoms. The minimum absolute atomic E-state index is 0.136. The van der Waals surface area contributed by atoms with Crippen LogP contribution in [0.2, 0.25) is 0 Å². The minimum atomic E-state index is 0.136. The first-order chi connectivity index (χ1) is 11.3. The maximum atomic E-state index is 12.3. The van der Waals surface area contributed by atoms with E-state index in [9.17, 15) is 4.79 Å². The third-order valence-electron chi connectivity index (χ3n) is 3.99. The first-order valence-electron chi connectivity index (χ1n) is 7.68. The molecule has 0 amide bonds. The molecule has 0 unspecified atom stereocenters. The van der Waals surface area contributed by atoms with Crippen molar-refractivity contribution >= 4 is 11.7 Å². The molecule has 6 nitrogen and oxygen atoms in total. The third kappa shape index (κ3) is 3.84. The fraction of sp³-hybridized carbons (Fsp3) is 0.353. The van der Waals surface area contributed by atoms with E-state index >= 15 is 0 Å². The van der Waals surface area contributed by atoms with Gasteiger partial charge in [-0.3, -0.25) is 9.69 Å². The number of piperazine rings is 1. The van der Waals surface area contributed by atoms with Crippen LogP contribution in [0, 0.1) is 0 Å². The van der Waals surface area contributed by atoms with Crippen LogP contribution < -0.4 is 9.64 Å². The quantitative estimate of drug-likeness (QED) is 0.780. The molecule has 0 radical (unpaired) electrons. The second kappa shape index (κ2) is 7.19. The lowest BCUT2D eigenvalue weighted by molar-refractivity contribution is 0.0926. The molecule has 1 aliphatic heterocycles. The van der Waals surface area contributed by atoms with Gasteiger partial charge in [0.1, 0.15) is 5.75 Å². The number of Topliss-reactive ketones (excluding diaryl/α,β-unsaturated/α-hetero) is 1. The van der Waals surface area contributed by atoms with Crippen LogP contribution >= 0.6 is 0 Å². The molecule has 2 aromatic rings. The molecule has 2 heterocycles. The van der Waals surface area contributed by atoms with Gasteiger partial charge in [0.05, 0.1) is 13.7 Å². The summed E-state index contributed by atoms with van der Waals surface area (Å²) in [5, 5.41) is 0. The summed E-state index contributed by atoms with van der Waals surface area (Å²) in [6, 6.07) is 9.08. The molecular formula is C17H20N4O2. The van der Waals surface area contributed by atoms with E-state index in [0.29, 0.717) is 6.54 Å².